The molecule has 7 heteroatoms. The predicted octanol–water partition coefficient (Wildman–Crippen LogP) is 1.01. The zero-order valence-corrected chi connectivity index (χ0v) is 8.09. The lowest BCUT2D eigenvalue weighted by Crippen LogP contribution is -2.04. The second-order valence-corrected chi connectivity index (χ2v) is 3.04. The lowest BCUT2D eigenvalue weighted by Gasteiger charge is -1.99. The van der Waals surface area contributed by atoms with E-state index < -0.39 is 5.97 Å². The van der Waals surface area contributed by atoms with E-state index >= 15 is 0 Å². The summed E-state index contributed by atoms with van der Waals surface area (Å²) in [5, 5.41) is 16.4. The molecule has 0 aliphatic rings. The summed E-state index contributed by atoms with van der Waals surface area (Å²) in [6, 6.07) is 3.28. The van der Waals surface area contributed by atoms with Crippen LogP contribution in [0.15, 0.2) is 24.5 Å². The Balaban J connectivity index is 2.46. The molecular weight excluding hydrogens is 220 g/mol. The first-order chi connectivity index (χ1) is 7.18. The Labute approximate surface area is 89.1 Å². The van der Waals surface area contributed by atoms with E-state index in [1.807, 2.05) is 0 Å². The molecule has 2 aromatic rings. The average Bonchev–Trinajstić information content (AvgIpc) is 2.67. The van der Waals surface area contributed by atoms with Gasteiger partial charge in [0, 0.05) is 6.20 Å². The van der Waals surface area contributed by atoms with Gasteiger partial charge in [0.15, 0.2) is 11.5 Å². The summed E-state index contributed by atoms with van der Waals surface area (Å²) in [6.45, 7) is 0. The number of rotatable bonds is 2. The van der Waals surface area contributed by atoms with E-state index in [4.69, 9.17) is 16.7 Å². The third-order valence-corrected chi connectivity index (χ3v) is 1.93. The fourth-order valence-corrected chi connectivity index (χ4v) is 1.18. The third kappa shape index (κ3) is 1.79. The van der Waals surface area contributed by atoms with E-state index in [0.29, 0.717) is 10.8 Å². The standard InChI is InChI=1S/C8H5ClN4O2/c9-5-2-1-3-10-7(5)13-11-4-6(12-13)8(14)15/h1-4H,(H,14,15). The Hall–Kier alpha value is -1.95. The molecule has 0 fully saturated rings. The number of hydrogen-bond donors (Lipinski definition) is 1. The van der Waals surface area contributed by atoms with Crippen molar-refractivity contribution < 1.29 is 9.90 Å². The van der Waals surface area contributed by atoms with Gasteiger partial charge in [-0.1, -0.05) is 11.6 Å². The van der Waals surface area contributed by atoms with Crippen LogP contribution in [0.4, 0.5) is 0 Å². The molecule has 2 aromatic heterocycles. The molecule has 0 bridgehead atoms. The van der Waals surface area contributed by atoms with E-state index in [1.54, 1.807) is 12.1 Å². The highest BCUT2D eigenvalue weighted by Gasteiger charge is 2.11. The quantitative estimate of drug-likeness (QED) is 0.824. The Kier molecular flexibility index (Phi) is 2.34. The number of carboxylic acids is 1. The highest BCUT2D eigenvalue weighted by atomic mass is 35.5. The van der Waals surface area contributed by atoms with Gasteiger partial charge in [-0.3, -0.25) is 0 Å². The van der Waals surface area contributed by atoms with Crippen molar-refractivity contribution in [2.24, 2.45) is 0 Å². The molecule has 15 heavy (non-hydrogen) atoms. The van der Waals surface area contributed by atoms with Crippen LogP contribution in [0, 0.1) is 0 Å². The van der Waals surface area contributed by atoms with Crippen molar-refractivity contribution in [2.75, 3.05) is 0 Å². The molecule has 1 N–H and O–H groups in total. The number of aromatic nitrogens is 4. The number of nitrogens with zero attached hydrogens (tertiary/aromatic N) is 4. The van der Waals surface area contributed by atoms with Crippen LogP contribution < -0.4 is 0 Å². The van der Waals surface area contributed by atoms with Gasteiger partial charge >= 0.3 is 5.97 Å². The van der Waals surface area contributed by atoms with Crippen LogP contribution in [-0.4, -0.2) is 31.1 Å². The summed E-state index contributed by atoms with van der Waals surface area (Å²) >= 11 is 5.84. The topological polar surface area (TPSA) is 80.9 Å². The Morgan fingerprint density at radius 2 is 2.33 bits per heavy atom. The normalized spacial score (nSPS) is 10.2. The van der Waals surface area contributed by atoms with Gasteiger partial charge in [0.2, 0.25) is 0 Å². The summed E-state index contributed by atoms with van der Waals surface area (Å²) in [5.41, 5.74) is -0.156. The van der Waals surface area contributed by atoms with Crippen molar-refractivity contribution >= 4 is 17.6 Å². The van der Waals surface area contributed by atoms with Gasteiger partial charge in [-0.15, -0.1) is 9.90 Å². The number of hydrogen-bond acceptors (Lipinski definition) is 4. The lowest BCUT2D eigenvalue weighted by molar-refractivity contribution is 0.0690. The molecule has 0 aliphatic heterocycles. The number of pyridine rings is 1. The van der Waals surface area contributed by atoms with Crippen LogP contribution in [0.1, 0.15) is 10.5 Å². The third-order valence-electron chi connectivity index (χ3n) is 1.64. The number of carboxylic acid groups (broad SMARTS) is 1. The molecule has 0 aliphatic carbocycles. The zero-order valence-electron chi connectivity index (χ0n) is 7.33. The molecule has 6 nitrogen and oxygen atoms in total. The highest BCUT2D eigenvalue weighted by molar-refractivity contribution is 6.32. The molecule has 0 amide bonds. The minimum atomic E-state index is -1.15. The maximum atomic E-state index is 10.6. The molecule has 0 radical (unpaired) electrons. The second kappa shape index (κ2) is 3.66. The van der Waals surface area contributed by atoms with E-state index in [1.165, 1.54) is 6.20 Å². The monoisotopic (exact) mass is 224 g/mol. The Morgan fingerprint density at radius 1 is 1.53 bits per heavy atom. The summed E-state index contributed by atoms with van der Waals surface area (Å²) < 4.78 is 0. The van der Waals surface area contributed by atoms with Crippen molar-refractivity contribution in [3.63, 3.8) is 0 Å². The molecule has 0 atom stereocenters. The molecule has 0 unspecified atom stereocenters. The molecule has 76 valence electrons. The van der Waals surface area contributed by atoms with Crippen molar-refractivity contribution in [3.8, 4) is 5.82 Å². The summed E-state index contributed by atoms with van der Waals surface area (Å²) in [7, 11) is 0. The maximum Gasteiger partial charge on any atom is 0.358 e. The van der Waals surface area contributed by atoms with Gasteiger partial charge in [0.05, 0.1) is 11.2 Å². The van der Waals surface area contributed by atoms with Crippen molar-refractivity contribution in [3.05, 3.63) is 35.2 Å². The molecule has 2 heterocycles. The van der Waals surface area contributed by atoms with Gasteiger partial charge in [-0.25, -0.2) is 9.78 Å². The molecule has 0 saturated carbocycles. The minimum absolute atomic E-state index is 0.156. The predicted molar refractivity (Wildman–Crippen MR) is 51.1 cm³/mol. The van der Waals surface area contributed by atoms with Crippen LogP contribution in [0.5, 0.6) is 0 Å². The highest BCUT2D eigenvalue weighted by Crippen LogP contribution is 2.14. The fraction of sp³-hybridized carbons (Fsp3) is 0. The zero-order chi connectivity index (χ0) is 10.8. The first kappa shape index (κ1) is 9.60. The minimum Gasteiger partial charge on any atom is -0.476 e. The molecule has 0 saturated heterocycles. The molecule has 0 spiro atoms. The number of halogens is 1. The summed E-state index contributed by atoms with van der Waals surface area (Å²) in [6.07, 6.45) is 2.65. The Morgan fingerprint density at radius 3 is 2.93 bits per heavy atom. The van der Waals surface area contributed by atoms with Crippen LogP contribution in [-0.2, 0) is 0 Å². The lowest BCUT2D eigenvalue weighted by atomic mass is 10.5. The van der Waals surface area contributed by atoms with E-state index in [0.717, 1.165) is 11.0 Å². The van der Waals surface area contributed by atoms with Gasteiger partial charge in [-0.2, -0.15) is 5.10 Å². The van der Waals surface area contributed by atoms with Crippen molar-refractivity contribution in [1.82, 2.24) is 20.0 Å². The largest absolute Gasteiger partial charge is 0.476 e. The first-order valence-corrected chi connectivity index (χ1v) is 4.33. The number of aromatic carboxylic acids is 1. The fourth-order valence-electron chi connectivity index (χ4n) is 0.988. The molecule has 2 rings (SSSR count). The van der Waals surface area contributed by atoms with Crippen LogP contribution in [0.2, 0.25) is 5.02 Å². The van der Waals surface area contributed by atoms with Crippen molar-refractivity contribution in [2.45, 2.75) is 0 Å². The van der Waals surface area contributed by atoms with E-state index in [-0.39, 0.29) is 5.69 Å². The maximum absolute atomic E-state index is 10.6. The summed E-state index contributed by atoms with van der Waals surface area (Å²) in [4.78, 5) is 15.6. The molecular formula is C8H5ClN4O2. The van der Waals surface area contributed by atoms with Gasteiger partial charge in [-0.05, 0) is 12.1 Å². The smallest absolute Gasteiger partial charge is 0.358 e. The first-order valence-electron chi connectivity index (χ1n) is 3.95. The van der Waals surface area contributed by atoms with Crippen LogP contribution >= 0.6 is 11.6 Å². The van der Waals surface area contributed by atoms with Gasteiger partial charge in [0.25, 0.3) is 0 Å². The van der Waals surface area contributed by atoms with Gasteiger partial charge < -0.3 is 5.11 Å². The summed E-state index contributed by atoms with van der Waals surface area (Å²) in [5.74, 6) is -0.847. The number of carbonyl (C=O) groups is 1. The molecule has 0 aromatic carbocycles. The van der Waals surface area contributed by atoms with Crippen LogP contribution in [0.25, 0.3) is 5.82 Å². The van der Waals surface area contributed by atoms with Crippen LogP contribution in [0.3, 0.4) is 0 Å². The SMILES string of the molecule is O=C(O)c1cnn(-c2ncccc2Cl)n1. The Bertz CT molecular complexity index is 511. The van der Waals surface area contributed by atoms with Gasteiger partial charge in [0.1, 0.15) is 0 Å². The van der Waals surface area contributed by atoms with E-state index in [9.17, 15) is 4.79 Å². The van der Waals surface area contributed by atoms with E-state index in [2.05, 4.69) is 15.2 Å². The second-order valence-electron chi connectivity index (χ2n) is 2.63. The van der Waals surface area contributed by atoms with Crippen molar-refractivity contribution in [1.29, 1.82) is 0 Å². The average molecular weight is 225 g/mol.